The Morgan fingerprint density at radius 3 is 2.26 bits per heavy atom. The summed E-state index contributed by atoms with van der Waals surface area (Å²) in [5.74, 6) is 2.36. The number of hydrogen-bond acceptors (Lipinski definition) is 5. The third-order valence-corrected chi connectivity index (χ3v) is 6.66. The van der Waals surface area contributed by atoms with Gasteiger partial charge in [-0.2, -0.15) is 0 Å². The van der Waals surface area contributed by atoms with Gasteiger partial charge in [0.05, 0.1) is 0 Å². The molecular weight excluding hydrogens is 426 g/mol. The minimum absolute atomic E-state index is 0.00235. The molecule has 34 heavy (non-hydrogen) atoms. The number of piperidine rings is 1. The number of likely N-dealkylation sites (tertiary alicyclic amines) is 1. The lowest BCUT2D eigenvalue weighted by Crippen LogP contribution is -2.52. The van der Waals surface area contributed by atoms with Crippen molar-refractivity contribution in [1.82, 2.24) is 19.8 Å². The molecule has 0 bridgehead atoms. The largest absolute Gasteiger partial charge is 0.353 e. The zero-order valence-corrected chi connectivity index (χ0v) is 20.5. The van der Waals surface area contributed by atoms with Crippen LogP contribution >= 0.6 is 0 Å². The van der Waals surface area contributed by atoms with Crippen molar-refractivity contribution in [2.75, 3.05) is 44.2 Å². The first-order chi connectivity index (χ1) is 16.4. The van der Waals surface area contributed by atoms with Gasteiger partial charge < -0.3 is 14.7 Å². The third-order valence-electron chi connectivity index (χ3n) is 6.66. The van der Waals surface area contributed by atoms with Crippen LogP contribution in [0.15, 0.2) is 42.5 Å². The van der Waals surface area contributed by atoms with E-state index in [9.17, 15) is 9.59 Å². The average molecular weight is 462 g/mol. The predicted molar refractivity (Wildman–Crippen MR) is 134 cm³/mol. The molecule has 0 spiro atoms. The smallest absolute Gasteiger partial charge is 0.246 e. The van der Waals surface area contributed by atoms with Crippen LogP contribution in [0, 0.1) is 12.8 Å². The molecule has 1 aromatic carbocycles. The molecule has 0 N–H and O–H groups in total. The summed E-state index contributed by atoms with van der Waals surface area (Å²) in [6.07, 6.45) is 4.94. The molecule has 0 atom stereocenters. The van der Waals surface area contributed by atoms with Crippen LogP contribution in [0.4, 0.5) is 5.82 Å². The molecule has 0 unspecified atom stereocenters. The zero-order valence-electron chi connectivity index (χ0n) is 20.5. The quantitative estimate of drug-likeness (QED) is 0.638. The lowest BCUT2D eigenvalue weighted by Gasteiger charge is -2.39. The molecule has 180 valence electrons. The first-order valence-electron chi connectivity index (χ1n) is 12.3. The number of piperazine rings is 1. The van der Waals surface area contributed by atoms with Gasteiger partial charge in [0.1, 0.15) is 11.6 Å². The zero-order chi connectivity index (χ0) is 24.1. The molecule has 1 aromatic heterocycles. The SMILES string of the molecule is Cc1cc(N2CCN(C(=O)C3CCN(C(=O)/C=C/c4ccccc4)CC3)CC2)nc(C(C)C)n1. The highest BCUT2D eigenvalue weighted by Crippen LogP contribution is 2.23. The lowest BCUT2D eigenvalue weighted by molar-refractivity contribution is -0.139. The Bertz CT molecular complexity index is 1020. The number of aryl methyl sites for hydroxylation is 1. The van der Waals surface area contributed by atoms with Gasteiger partial charge in [0.15, 0.2) is 0 Å². The van der Waals surface area contributed by atoms with Gasteiger partial charge in [-0.3, -0.25) is 9.59 Å². The molecule has 0 radical (unpaired) electrons. The number of carbonyl (C=O) groups excluding carboxylic acids is 2. The summed E-state index contributed by atoms with van der Waals surface area (Å²) < 4.78 is 0. The molecule has 2 fully saturated rings. The average Bonchev–Trinajstić information content (AvgIpc) is 2.87. The van der Waals surface area contributed by atoms with Gasteiger partial charge >= 0.3 is 0 Å². The second kappa shape index (κ2) is 10.8. The Labute approximate surface area is 202 Å². The summed E-state index contributed by atoms with van der Waals surface area (Å²) in [5.41, 5.74) is 1.99. The molecular formula is C27H35N5O2. The number of rotatable bonds is 5. The van der Waals surface area contributed by atoms with Crippen molar-refractivity contribution in [3.8, 4) is 0 Å². The van der Waals surface area contributed by atoms with E-state index >= 15 is 0 Å². The van der Waals surface area contributed by atoms with Crippen LogP contribution in [0.25, 0.3) is 6.08 Å². The third kappa shape index (κ3) is 5.82. The van der Waals surface area contributed by atoms with E-state index in [2.05, 4.69) is 23.7 Å². The summed E-state index contributed by atoms with van der Waals surface area (Å²) in [6.45, 7) is 10.4. The predicted octanol–water partition coefficient (Wildman–Crippen LogP) is 3.51. The van der Waals surface area contributed by atoms with Gasteiger partial charge in [-0.15, -0.1) is 0 Å². The molecule has 3 heterocycles. The highest BCUT2D eigenvalue weighted by molar-refractivity contribution is 5.92. The maximum atomic E-state index is 13.1. The molecule has 2 aromatic rings. The Morgan fingerprint density at radius 1 is 0.941 bits per heavy atom. The van der Waals surface area contributed by atoms with Crippen molar-refractivity contribution < 1.29 is 9.59 Å². The van der Waals surface area contributed by atoms with E-state index in [4.69, 9.17) is 4.98 Å². The van der Waals surface area contributed by atoms with Gasteiger partial charge in [0.25, 0.3) is 0 Å². The van der Waals surface area contributed by atoms with Gasteiger partial charge in [-0.1, -0.05) is 44.2 Å². The van der Waals surface area contributed by atoms with E-state index < -0.39 is 0 Å². The molecule has 0 aliphatic carbocycles. The van der Waals surface area contributed by atoms with Crippen molar-refractivity contribution in [3.05, 3.63) is 59.6 Å². The van der Waals surface area contributed by atoms with Gasteiger partial charge in [-0.05, 0) is 31.4 Å². The second-order valence-corrected chi connectivity index (χ2v) is 9.54. The van der Waals surface area contributed by atoms with Gasteiger partial charge in [0.2, 0.25) is 11.8 Å². The summed E-state index contributed by atoms with van der Waals surface area (Å²) in [6, 6.07) is 11.9. The lowest BCUT2D eigenvalue weighted by atomic mass is 9.95. The first-order valence-corrected chi connectivity index (χ1v) is 12.3. The number of benzene rings is 1. The van der Waals surface area contributed by atoms with E-state index in [1.165, 1.54) is 0 Å². The molecule has 2 aliphatic heterocycles. The summed E-state index contributed by atoms with van der Waals surface area (Å²) >= 11 is 0. The fraction of sp³-hybridized carbons (Fsp3) is 0.481. The topological polar surface area (TPSA) is 69.6 Å². The van der Waals surface area contributed by atoms with Crippen LogP contribution in [-0.2, 0) is 9.59 Å². The van der Waals surface area contributed by atoms with Crippen LogP contribution < -0.4 is 4.90 Å². The standard InChI is InChI=1S/C27H35N5O2/c1-20(2)26-28-21(3)19-24(29-26)30-15-17-32(18-16-30)27(34)23-11-13-31(14-12-23)25(33)10-9-22-7-5-4-6-8-22/h4-10,19-20,23H,11-18H2,1-3H3/b10-9+. The van der Waals surface area contributed by atoms with Gasteiger partial charge in [-0.25, -0.2) is 9.97 Å². The van der Waals surface area contributed by atoms with Crippen LogP contribution in [0.1, 0.15) is 49.7 Å². The number of nitrogens with zero attached hydrogens (tertiary/aromatic N) is 5. The minimum atomic E-state index is 0.00235. The summed E-state index contributed by atoms with van der Waals surface area (Å²) in [4.78, 5) is 41.1. The van der Waals surface area contributed by atoms with Crippen LogP contribution in [-0.4, -0.2) is 70.9 Å². The van der Waals surface area contributed by atoms with Crippen LogP contribution in [0.2, 0.25) is 0 Å². The number of aromatic nitrogens is 2. The Morgan fingerprint density at radius 2 is 1.62 bits per heavy atom. The Balaban J connectivity index is 1.26. The Kier molecular flexibility index (Phi) is 7.60. The molecule has 0 saturated carbocycles. The van der Waals surface area contributed by atoms with Crippen molar-refractivity contribution in [1.29, 1.82) is 0 Å². The monoisotopic (exact) mass is 461 g/mol. The van der Waals surface area contributed by atoms with E-state index in [0.29, 0.717) is 26.2 Å². The van der Waals surface area contributed by atoms with Crippen molar-refractivity contribution in [2.45, 2.75) is 39.5 Å². The Hall–Kier alpha value is -3.22. The molecule has 4 rings (SSSR count). The molecule has 2 amide bonds. The summed E-state index contributed by atoms with van der Waals surface area (Å²) in [7, 11) is 0. The second-order valence-electron chi connectivity index (χ2n) is 9.54. The van der Waals surface area contributed by atoms with Gasteiger partial charge in [0, 0.05) is 68.9 Å². The molecule has 2 aliphatic rings. The molecule has 7 nitrogen and oxygen atoms in total. The van der Waals surface area contributed by atoms with E-state index in [0.717, 1.165) is 48.8 Å². The van der Waals surface area contributed by atoms with Crippen molar-refractivity contribution >= 4 is 23.7 Å². The van der Waals surface area contributed by atoms with E-state index in [1.54, 1.807) is 6.08 Å². The first kappa shape index (κ1) is 23.9. The normalized spacial score (nSPS) is 17.6. The number of amides is 2. The molecule has 2 saturated heterocycles. The fourth-order valence-corrected chi connectivity index (χ4v) is 4.59. The van der Waals surface area contributed by atoms with Crippen LogP contribution in [0.3, 0.4) is 0 Å². The number of anilines is 1. The number of hydrogen-bond donors (Lipinski definition) is 0. The number of carbonyl (C=O) groups is 2. The van der Waals surface area contributed by atoms with E-state index in [1.807, 2.05) is 59.2 Å². The molecule has 7 heteroatoms. The van der Waals surface area contributed by atoms with E-state index in [-0.39, 0.29) is 23.7 Å². The maximum absolute atomic E-state index is 13.1. The summed E-state index contributed by atoms with van der Waals surface area (Å²) in [5, 5.41) is 0. The maximum Gasteiger partial charge on any atom is 0.246 e. The van der Waals surface area contributed by atoms with Crippen LogP contribution in [0.5, 0.6) is 0 Å². The fourth-order valence-electron chi connectivity index (χ4n) is 4.59. The van der Waals surface area contributed by atoms with Crippen molar-refractivity contribution in [3.63, 3.8) is 0 Å². The van der Waals surface area contributed by atoms with Crippen molar-refractivity contribution in [2.24, 2.45) is 5.92 Å². The highest BCUT2D eigenvalue weighted by Gasteiger charge is 2.31. The minimum Gasteiger partial charge on any atom is -0.353 e. The highest BCUT2D eigenvalue weighted by atomic mass is 16.2.